The van der Waals surface area contributed by atoms with Gasteiger partial charge in [0.05, 0.1) is 22.6 Å². The molecule has 0 spiro atoms. The molecular weight excluding hydrogens is 414 g/mol. The highest BCUT2D eigenvalue weighted by atomic mass is 19.3. The summed E-state index contributed by atoms with van der Waals surface area (Å²) >= 11 is 0. The minimum absolute atomic E-state index is 0.0675. The van der Waals surface area contributed by atoms with Crippen molar-refractivity contribution in [2.75, 3.05) is 20.6 Å². The summed E-state index contributed by atoms with van der Waals surface area (Å²) in [5, 5.41) is 3.05. The van der Waals surface area contributed by atoms with Crippen LogP contribution in [-0.4, -0.2) is 47.6 Å². The molecule has 2 heterocycles. The van der Waals surface area contributed by atoms with Crippen molar-refractivity contribution in [1.29, 1.82) is 0 Å². The summed E-state index contributed by atoms with van der Waals surface area (Å²) < 4.78 is 33.1. The Morgan fingerprint density at radius 3 is 2.81 bits per heavy atom. The summed E-state index contributed by atoms with van der Waals surface area (Å²) in [7, 11) is 3.57. The van der Waals surface area contributed by atoms with Crippen molar-refractivity contribution < 1.29 is 18.3 Å². The average Bonchev–Trinajstić information content (AvgIpc) is 3.10. The maximum Gasteiger partial charge on any atom is 0.387 e. The van der Waals surface area contributed by atoms with Crippen LogP contribution in [0.1, 0.15) is 47.6 Å². The first-order valence-electron chi connectivity index (χ1n) is 10.5. The van der Waals surface area contributed by atoms with Crippen LogP contribution >= 0.6 is 0 Å². The Labute approximate surface area is 185 Å². The van der Waals surface area contributed by atoms with Crippen LogP contribution in [0.4, 0.5) is 8.78 Å². The van der Waals surface area contributed by atoms with Gasteiger partial charge in [-0.15, -0.1) is 0 Å². The lowest BCUT2D eigenvalue weighted by atomic mass is 10.1. The summed E-state index contributed by atoms with van der Waals surface area (Å²) in [6, 6.07) is 9.93. The van der Waals surface area contributed by atoms with Crippen LogP contribution in [0.25, 0.3) is 16.7 Å². The predicted molar refractivity (Wildman–Crippen MR) is 118 cm³/mol. The van der Waals surface area contributed by atoms with Crippen LogP contribution < -0.4 is 10.1 Å². The number of imidazole rings is 1. The zero-order chi connectivity index (χ0) is 22.8. The molecule has 0 aliphatic carbocycles. The number of nitrogens with zero attached hydrogens (tertiary/aromatic N) is 3. The highest BCUT2D eigenvalue weighted by Gasteiger charge is 2.35. The second kappa shape index (κ2) is 8.97. The third kappa shape index (κ3) is 3.80. The Kier molecular flexibility index (Phi) is 6.10. The number of aromatic nitrogens is 2. The molecule has 8 heteroatoms. The highest BCUT2D eigenvalue weighted by molar-refractivity contribution is 6.00. The number of para-hydroxylation sites is 1. The van der Waals surface area contributed by atoms with Gasteiger partial charge in [0.25, 0.3) is 5.91 Å². The molecular formula is C24H24F2N4O2. The molecule has 0 radical (unpaired) electrons. The Balaban J connectivity index is 2.00. The first-order chi connectivity index (χ1) is 15.5. The molecule has 1 aliphatic rings. The Morgan fingerprint density at radius 1 is 1.28 bits per heavy atom. The molecule has 32 heavy (non-hydrogen) atoms. The number of carbonyl (C=O) groups is 1. The lowest BCUT2D eigenvalue weighted by Gasteiger charge is -2.24. The topological polar surface area (TPSA) is 59.4 Å². The monoisotopic (exact) mass is 438 g/mol. The van der Waals surface area contributed by atoms with Gasteiger partial charge in [-0.05, 0) is 43.8 Å². The SMILES string of the molecule is CCC1c2nc3ccc(C#CCCNC)cc3n2-c2c(OC(F)F)cccc2C(=O)N1C. The fraction of sp³-hybridized carbons (Fsp3) is 0.333. The van der Waals surface area contributed by atoms with E-state index in [1.165, 1.54) is 6.07 Å². The van der Waals surface area contributed by atoms with Crippen molar-refractivity contribution in [3.05, 3.63) is 53.3 Å². The van der Waals surface area contributed by atoms with Gasteiger partial charge in [-0.2, -0.15) is 8.78 Å². The maximum absolute atomic E-state index is 13.2. The molecule has 1 amide bonds. The second-order valence-corrected chi connectivity index (χ2v) is 7.54. The van der Waals surface area contributed by atoms with E-state index in [0.717, 1.165) is 12.1 Å². The van der Waals surface area contributed by atoms with Crippen LogP contribution in [0.15, 0.2) is 36.4 Å². The molecule has 0 saturated carbocycles. The van der Waals surface area contributed by atoms with Crippen molar-refractivity contribution >= 4 is 16.9 Å². The number of hydrogen-bond donors (Lipinski definition) is 1. The fourth-order valence-electron chi connectivity index (χ4n) is 4.06. The molecule has 3 aromatic rings. The van der Waals surface area contributed by atoms with Crippen LogP contribution in [0.3, 0.4) is 0 Å². The molecule has 1 atom stereocenters. The quantitative estimate of drug-likeness (QED) is 0.481. The van der Waals surface area contributed by atoms with E-state index in [2.05, 4.69) is 17.2 Å². The zero-order valence-corrected chi connectivity index (χ0v) is 18.2. The van der Waals surface area contributed by atoms with Crippen molar-refractivity contribution in [3.63, 3.8) is 0 Å². The van der Waals surface area contributed by atoms with E-state index >= 15 is 0 Å². The average molecular weight is 438 g/mol. The van der Waals surface area contributed by atoms with Crippen LogP contribution in [0.5, 0.6) is 5.75 Å². The highest BCUT2D eigenvalue weighted by Crippen LogP contribution is 2.40. The number of ether oxygens (including phenoxy) is 1. The first-order valence-corrected chi connectivity index (χ1v) is 10.5. The van der Waals surface area contributed by atoms with E-state index in [4.69, 9.17) is 9.72 Å². The van der Waals surface area contributed by atoms with Gasteiger partial charge < -0.3 is 15.0 Å². The second-order valence-electron chi connectivity index (χ2n) is 7.54. The molecule has 0 bridgehead atoms. The number of benzene rings is 2. The lowest BCUT2D eigenvalue weighted by molar-refractivity contribution is -0.0498. The minimum atomic E-state index is -3.02. The predicted octanol–water partition coefficient (Wildman–Crippen LogP) is 4.12. The number of carbonyl (C=O) groups excluding carboxylic acids is 1. The number of hydrogen-bond acceptors (Lipinski definition) is 4. The van der Waals surface area contributed by atoms with E-state index in [9.17, 15) is 13.6 Å². The van der Waals surface area contributed by atoms with Gasteiger partial charge >= 0.3 is 6.61 Å². The van der Waals surface area contributed by atoms with Gasteiger partial charge in [0.2, 0.25) is 0 Å². The summed E-state index contributed by atoms with van der Waals surface area (Å²) in [6.07, 6.45) is 1.31. The van der Waals surface area contributed by atoms with Crippen molar-refractivity contribution in [3.8, 4) is 23.3 Å². The van der Waals surface area contributed by atoms with E-state index in [-0.39, 0.29) is 28.9 Å². The Morgan fingerprint density at radius 2 is 2.09 bits per heavy atom. The zero-order valence-electron chi connectivity index (χ0n) is 18.2. The molecule has 1 N–H and O–H groups in total. The smallest absolute Gasteiger partial charge is 0.387 e. The normalized spacial score (nSPS) is 15.2. The number of amides is 1. The Hall–Kier alpha value is -3.44. The summed E-state index contributed by atoms with van der Waals surface area (Å²) in [6.45, 7) is -0.277. The third-order valence-electron chi connectivity index (χ3n) is 5.55. The summed E-state index contributed by atoms with van der Waals surface area (Å²) in [5.41, 5.74) is 2.72. The first kappa shape index (κ1) is 21.8. The minimum Gasteiger partial charge on any atom is -0.433 e. The molecule has 6 nitrogen and oxygen atoms in total. The molecule has 4 rings (SSSR count). The number of alkyl halides is 2. The van der Waals surface area contributed by atoms with Crippen LogP contribution in [0, 0.1) is 11.8 Å². The van der Waals surface area contributed by atoms with Gasteiger partial charge in [-0.1, -0.05) is 24.8 Å². The summed E-state index contributed by atoms with van der Waals surface area (Å²) in [5.74, 6) is 6.51. The fourth-order valence-corrected chi connectivity index (χ4v) is 4.06. The van der Waals surface area contributed by atoms with E-state index < -0.39 is 6.61 Å². The van der Waals surface area contributed by atoms with Gasteiger partial charge in [-0.25, -0.2) is 4.98 Å². The standard InChI is InChI=1S/C24H24F2N4O2/c1-4-18-22-28-17-12-11-15(8-5-6-13-27-2)14-19(17)30(22)21-16(23(31)29(18)3)9-7-10-20(21)32-24(25)26/h7,9-12,14,18,24,27H,4,6,13H2,1-3H3. The number of rotatable bonds is 5. The number of halogens is 2. The molecule has 1 unspecified atom stereocenters. The molecule has 2 aromatic carbocycles. The number of nitrogens with one attached hydrogen (secondary N) is 1. The molecule has 1 aromatic heterocycles. The lowest BCUT2D eigenvalue weighted by Crippen LogP contribution is -2.30. The van der Waals surface area contributed by atoms with Crippen molar-refractivity contribution in [2.45, 2.75) is 32.4 Å². The molecule has 0 saturated heterocycles. The van der Waals surface area contributed by atoms with Gasteiger partial charge in [-0.3, -0.25) is 9.36 Å². The Bertz CT molecular complexity index is 1230. The van der Waals surface area contributed by atoms with Crippen molar-refractivity contribution in [1.82, 2.24) is 19.8 Å². The van der Waals surface area contributed by atoms with E-state index in [0.29, 0.717) is 29.7 Å². The summed E-state index contributed by atoms with van der Waals surface area (Å²) in [4.78, 5) is 19.6. The largest absolute Gasteiger partial charge is 0.433 e. The van der Waals surface area contributed by atoms with Crippen LogP contribution in [0.2, 0.25) is 0 Å². The van der Waals surface area contributed by atoms with Crippen molar-refractivity contribution in [2.24, 2.45) is 0 Å². The maximum atomic E-state index is 13.2. The van der Waals surface area contributed by atoms with Crippen LogP contribution in [-0.2, 0) is 0 Å². The molecule has 166 valence electrons. The van der Waals surface area contributed by atoms with Gasteiger partial charge in [0.15, 0.2) is 5.75 Å². The molecule has 1 aliphatic heterocycles. The third-order valence-corrected chi connectivity index (χ3v) is 5.55. The van der Waals surface area contributed by atoms with E-state index in [1.54, 1.807) is 28.6 Å². The van der Waals surface area contributed by atoms with E-state index in [1.807, 2.05) is 32.2 Å². The van der Waals surface area contributed by atoms with Gasteiger partial charge in [0.1, 0.15) is 11.5 Å². The van der Waals surface area contributed by atoms with Gasteiger partial charge in [0, 0.05) is 25.6 Å². The number of fused-ring (bicyclic) bond motifs is 5. The molecule has 0 fully saturated rings.